The number of nitro groups is 1. The van der Waals surface area contributed by atoms with E-state index in [1.54, 1.807) is 17.0 Å². The van der Waals surface area contributed by atoms with Gasteiger partial charge in [-0.05, 0) is 31.0 Å². The number of nitro benzene ring substituents is 1. The molecule has 5 rings (SSSR count). The Kier molecular flexibility index (Phi) is 6.70. The van der Waals surface area contributed by atoms with E-state index in [1.165, 1.54) is 33.8 Å². The lowest BCUT2D eigenvalue weighted by molar-refractivity contribution is -0.384. The largest absolute Gasteiger partial charge is 0.345 e. The summed E-state index contributed by atoms with van der Waals surface area (Å²) in [5.41, 5.74) is 0.728. The lowest BCUT2D eigenvalue weighted by atomic mass is 10.0. The summed E-state index contributed by atoms with van der Waals surface area (Å²) in [5.74, 6) is -0.171. The van der Waals surface area contributed by atoms with Crippen LogP contribution >= 0.6 is 34.3 Å². The molecule has 2 aliphatic rings. The number of fused-ring (bicyclic) bond motifs is 1. The zero-order valence-corrected chi connectivity index (χ0v) is 21.7. The molecule has 2 aliphatic heterocycles. The van der Waals surface area contributed by atoms with Gasteiger partial charge in [-0.1, -0.05) is 29.4 Å². The molecule has 3 aromatic rings. The number of nitrogens with zero attached hydrogens (tertiary/aromatic N) is 5. The van der Waals surface area contributed by atoms with E-state index in [4.69, 9.17) is 11.6 Å². The molecule has 2 aromatic heterocycles. The quantitative estimate of drug-likeness (QED) is 0.347. The number of hydrogen-bond donors (Lipinski definition) is 0. The summed E-state index contributed by atoms with van der Waals surface area (Å²) in [6.07, 6.45) is 2.01. The predicted octanol–water partition coefficient (Wildman–Crippen LogP) is 3.81. The van der Waals surface area contributed by atoms with Crippen molar-refractivity contribution in [2.75, 3.05) is 37.6 Å². The Hall–Kier alpha value is -2.32. The van der Waals surface area contributed by atoms with Crippen LogP contribution in [0.4, 0.5) is 10.8 Å². The van der Waals surface area contributed by atoms with Gasteiger partial charge in [-0.15, -0.1) is 11.3 Å². The van der Waals surface area contributed by atoms with Crippen LogP contribution in [0.2, 0.25) is 4.34 Å². The average molecular weight is 556 g/mol. The number of non-ortho nitro benzene ring substituents is 1. The monoisotopic (exact) mass is 555 g/mol. The summed E-state index contributed by atoms with van der Waals surface area (Å²) in [4.78, 5) is 32.4. The molecule has 2 saturated heterocycles. The number of anilines is 1. The molecule has 0 spiro atoms. The van der Waals surface area contributed by atoms with Crippen molar-refractivity contribution in [3.8, 4) is 0 Å². The number of hydrogen-bond acceptors (Lipinski definition) is 9. The van der Waals surface area contributed by atoms with Crippen molar-refractivity contribution in [2.45, 2.75) is 29.5 Å². The van der Waals surface area contributed by atoms with Crippen LogP contribution in [0.25, 0.3) is 10.2 Å². The van der Waals surface area contributed by atoms with E-state index in [2.05, 4.69) is 9.88 Å². The third kappa shape index (κ3) is 4.75. The van der Waals surface area contributed by atoms with E-state index in [0.29, 0.717) is 55.4 Å². The summed E-state index contributed by atoms with van der Waals surface area (Å²) in [6.45, 7) is 2.31. The summed E-state index contributed by atoms with van der Waals surface area (Å²) >= 11 is 8.35. The molecular formula is C21H22ClN5O5S3. The Morgan fingerprint density at radius 3 is 2.54 bits per heavy atom. The van der Waals surface area contributed by atoms with Crippen molar-refractivity contribution >= 4 is 71.2 Å². The number of benzene rings is 1. The maximum Gasteiger partial charge on any atom is 0.270 e. The fourth-order valence-corrected chi connectivity index (χ4v) is 8.78. The first kappa shape index (κ1) is 24.4. The summed E-state index contributed by atoms with van der Waals surface area (Å²) in [7, 11) is -3.80. The van der Waals surface area contributed by atoms with Crippen molar-refractivity contribution in [3.05, 3.63) is 44.8 Å². The first-order valence-electron chi connectivity index (χ1n) is 11.1. The van der Waals surface area contributed by atoms with Crippen molar-refractivity contribution in [3.63, 3.8) is 0 Å². The zero-order chi connectivity index (χ0) is 24.7. The Morgan fingerprint density at radius 2 is 1.86 bits per heavy atom. The summed E-state index contributed by atoms with van der Waals surface area (Å²) in [5, 5.41) is 11.8. The van der Waals surface area contributed by atoms with Gasteiger partial charge in [0, 0.05) is 44.9 Å². The number of halogens is 1. The zero-order valence-electron chi connectivity index (χ0n) is 18.5. The van der Waals surface area contributed by atoms with E-state index in [9.17, 15) is 23.3 Å². The van der Waals surface area contributed by atoms with Gasteiger partial charge in [-0.25, -0.2) is 13.4 Å². The Labute approximate surface area is 214 Å². The lowest BCUT2D eigenvalue weighted by Gasteiger charge is -2.40. The van der Waals surface area contributed by atoms with Gasteiger partial charge >= 0.3 is 0 Å². The van der Waals surface area contributed by atoms with Crippen LogP contribution < -0.4 is 4.90 Å². The molecule has 1 amide bonds. The number of thiazole rings is 1. The van der Waals surface area contributed by atoms with Crippen LogP contribution in [0.15, 0.2) is 34.5 Å². The highest BCUT2D eigenvalue weighted by Gasteiger charge is 2.40. The second kappa shape index (κ2) is 9.62. The fraction of sp³-hybridized carbons (Fsp3) is 0.429. The molecule has 1 unspecified atom stereocenters. The molecule has 4 heterocycles. The van der Waals surface area contributed by atoms with Crippen molar-refractivity contribution in [1.29, 1.82) is 0 Å². The summed E-state index contributed by atoms with van der Waals surface area (Å²) in [6, 6.07) is 6.94. The second-order valence-corrected chi connectivity index (χ2v) is 13.2. The molecule has 14 heteroatoms. The van der Waals surface area contributed by atoms with E-state index < -0.39 is 21.0 Å². The SMILES string of the molecule is O=C(C1CCCCN1S(=O)(=O)c1ccc(Cl)s1)N1CCN(c2nc3ccc([N+](=O)[O-])cc3s2)CC1. The molecular weight excluding hydrogens is 534 g/mol. The first-order valence-corrected chi connectivity index (χ1v) is 14.5. The molecule has 0 bridgehead atoms. The Balaban J connectivity index is 1.28. The highest BCUT2D eigenvalue weighted by molar-refractivity contribution is 7.91. The minimum absolute atomic E-state index is 0.0277. The van der Waals surface area contributed by atoms with Gasteiger partial charge in [0.1, 0.15) is 10.3 Å². The van der Waals surface area contributed by atoms with Crippen molar-refractivity contribution < 1.29 is 18.1 Å². The average Bonchev–Trinajstić information content (AvgIpc) is 3.50. The predicted molar refractivity (Wildman–Crippen MR) is 136 cm³/mol. The highest BCUT2D eigenvalue weighted by Crippen LogP contribution is 2.34. The molecule has 0 aliphatic carbocycles. The molecule has 0 radical (unpaired) electrons. The number of sulfonamides is 1. The Morgan fingerprint density at radius 1 is 1.09 bits per heavy atom. The number of carbonyl (C=O) groups is 1. The molecule has 1 atom stereocenters. The topological polar surface area (TPSA) is 117 Å². The van der Waals surface area contributed by atoms with E-state index in [1.807, 2.05) is 0 Å². The highest BCUT2D eigenvalue weighted by atomic mass is 35.5. The maximum atomic E-state index is 13.4. The van der Waals surface area contributed by atoms with Gasteiger partial charge in [-0.2, -0.15) is 4.31 Å². The van der Waals surface area contributed by atoms with E-state index in [0.717, 1.165) is 27.6 Å². The van der Waals surface area contributed by atoms with Crippen LogP contribution in [-0.2, 0) is 14.8 Å². The molecule has 186 valence electrons. The molecule has 0 saturated carbocycles. The first-order chi connectivity index (χ1) is 16.7. The maximum absolute atomic E-state index is 13.4. The number of carbonyl (C=O) groups excluding carboxylic acids is 1. The van der Waals surface area contributed by atoms with Gasteiger partial charge < -0.3 is 9.80 Å². The van der Waals surface area contributed by atoms with Gasteiger partial charge in [0.15, 0.2) is 5.13 Å². The van der Waals surface area contributed by atoms with Crippen LogP contribution in [0.3, 0.4) is 0 Å². The third-order valence-electron chi connectivity index (χ3n) is 6.28. The number of rotatable bonds is 5. The minimum atomic E-state index is -3.80. The standard InChI is InChI=1S/C21H22ClN5O5S3/c22-18-6-7-19(34-18)35(31,32)26-8-2-1-3-16(26)20(28)24-9-11-25(12-10-24)21-23-15-5-4-14(27(29)30)13-17(15)33-21/h4-7,13,16H,1-3,8-12H2. The smallest absolute Gasteiger partial charge is 0.270 e. The van der Waals surface area contributed by atoms with Crippen LogP contribution in [0.5, 0.6) is 0 Å². The van der Waals surface area contributed by atoms with E-state index in [-0.39, 0.29) is 15.8 Å². The summed E-state index contributed by atoms with van der Waals surface area (Å²) < 4.78 is 29.1. The fourth-order valence-electron chi connectivity index (χ4n) is 4.47. The van der Waals surface area contributed by atoms with Gasteiger partial charge in [-0.3, -0.25) is 14.9 Å². The van der Waals surface area contributed by atoms with Crippen LogP contribution in [-0.4, -0.2) is 72.2 Å². The van der Waals surface area contributed by atoms with Crippen LogP contribution in [0.1, 0.15) is 19.3 Å². The Bertz CT molecular complexity index is 1380. The molecule has 2 fully saturated rings. The van der Waals surface area contributed by atoms with Crippen molar-refractivity contribution in [1.82, 2.24) is 14.2 Å². The van der Waals surface area contributed by atoms with Gasteiger partial charge in [0.2, 0.25) is 5.91 Å². The van der Waals surface area contributed by atoms with Crippen LogP contribution in [0, 0.1) is 10.1 Å². The van der Waals surface area contributed by atoms with E-state index >= 15 is 0 Å². The lowest BCUT2D eigenvalue weighted by Crippen LogP contribution is -2.57. The van der Waals surface area contributed by atoms with Gasteiger partial charge in [0.05, 0.1) is 19.5 Å². The number of thiophene rings is 1. The normalized spacial score (nSPS) is 19.9. The third-order valence-corrected chi connectivity index (χ3v) is 11.0. The van der Waals surface area contributed by atoms with Gasteiger partial charge in [0.25, 0.3) is 15.7 Å². The number of piperazine rings is 1. The van der Waals surface area contributed by atoms with Crippen molar-refractivity contribution in [2.24, 2.45) is 0 Å². The number of aromatic nitrogens is 1. The molecule has 0 N–H and O–H groups in total. The molecule has 1 aromatic carbocycles. The second-order valence-electron chi connectivity index (χ2n) is 8.40. The number of piperidine rings is 1. The minimum Gasteiger partial charge on any atom is -0.345 e. The molecule has 35 heavy (non-hydrogen) atoms. The molecule has 10 nitrogen and oxygen atoms in total. The number of amides is 1.